The van der Waals surface area contributed by atoms with Gasteiger partial charge in [0, 0.05) is 38.6 Å². The number of carbonyl (C=O) groups excluding carboxylic acids is 1. The van der Waals surface area contributed by atoms with Gasteiger partial charge in [0.1, 0.15) is 0 Å². The van der Waals surface area contributed by atoms with E-state index in [0.29, 0.717) is 18.2 Å². The summed E-state index contributed by atoms with van der Waals surface area (Å²) in [5.41, 5.74) is 0. The maximum absolute atomic E-state index is 11.5. The van der Waals surface area contributed by atoms with Gasteiger partial charge in [-0.25, -0.2) is 0 Å². The van der Waals surface area contributed by atoms with E-state index >= 15 is 0 Å². The predicted octanol–water partition coefficient (Wildman–Crippen LogP) is 1.89. The molecule has 4 heteroatoms. The van der Waals surface area contributed by atoms with Gasteiger partial charge in [-0.1, -0.05) is 6.92 Å². The van der Waals surface area contributed by atoms with E-state index in [4.69, 9.17) is 16.3 Å². The molecule has 0 spiro atoms. The van der Waals surface area contributed by atoms with Crippen LogP contribution in [0.15, 0.2) is 0 Å². The number of carbonyl (C=O) groups is 1. The molecule has 0 aromatic heterocycles. The van der Waals surface area contributed by atoms with Crippen LogP contribution in [0.1, 0.15) is 26.2 Å². The first kappa shape index (κ1) is 12.8. The zero-order valence-electron chi connectivity index (χ0n) is 9.38. The molecule has 3 nitrogen and oxygen atoms in total. The lowest BCUT2D eigenvalue weighted by Gasteiger charge is -2.15. The van der Waals surface area contributed by atoms with E-state index in [2.05, 4.69) is 6.92 Å². The summed E-state index contributed by atoms with van der Waals surface area (Å²) in [5, 5.41) is 0. The third-order valence-electron chi connectivity index (χ3n) is 2.58. The van der Waals surface area contributed by atoms with Crippen molar-refractivity contribution < 1.29 is 9.53 Å². The molecule has 1 atom stereocenters. The van der Waals surface area contributed by atoms with Gasteiger partial charge in [0.15, 0.2) is 0 Å². The van der Waals surface area contributed by atoms with Crippen molar-refractivity contribution in [3.8, 4) is 0 Å². The monoisotopic (exact) mass is 233 g/mol. The van der Waals surface area contributed by atoms with Crippen LogP contribution in [0.2, 0.25) is 0 Å². The van der Waals surface area contributed by atoms with Gasteiger partial charge in [-0.2, -0.15) is 0 Å². The average molecular weight is 234 g/mol. The molecular weight excluding hydrogens is 214 g/mol. The first-order valence-electron chi connectivity index (χ1n) is 5.69. The van der Waals surface area contributed by atoms with Crippen molar-refractivity contribution >= 4 is 17.5 Å². The second-order valence-corrected chi connectivity index (χ2v) is 4.34. The maximum Gasteiger partial charge on any atom is 0.222 e. The second-order valence-electron chi connectivity index (χ2n) is 4.03. The van der Waals surface area contributed by atoms with Crippen LogP contribution in [0.25, 0.3) is 0 Å². The first-order valence-corrected chi connectivity index (χ1v) is 6.22. The van der Waals surface area contributed by atoms with Crippen molar-refractivity contribution in [2.75, 3.05) is 32.2 Å². The average Bonchev–Trinajstić information content (AvgIpc) is 2.59. The van der Waals surface area contributed by atoms with E-state index < -0.39 is 0 Å². The quantitative estimate of drug-likeness (QED) is 0.497. The fraction of sp³-hybridized carbons (Fsp3) is 0.909. The van der Waals surface area contributed by atoms with Crippen LogP contribution in [0.4, 0.5) is 0 Å². The Labute approximate surface area is 96.7 Å². The summed E-state index contributed by atoms with van der Waals surface area (Å²) in [6.45, 7) is 5.31. The molecule has 0 aromatic carbocycles. The standard InChI is InChI=1S/C11H20ClNO2/c1-2-5-15-6-3-4-13-9-10(8-12)7-11(13)14/h10H,2-9H2,1H3. The van der Waals surface area contributed by atoms with Gasteiger partial charge in [-0.05, 0) is 18.8 Å². The molecule has 0 aromatic rings. The molecule has 0 bridgehead atoms. The molecule has 88 valence electrons. The van der Waals surface area contributed by atoms with Crippen molar-refractivity contribution in [1.29, 1.82) is 0 Å². The van der Waals surface area contributed by atoms with Crippen LogP contribution >= 0.6 is 11.6 Å². The maximum atomic E-state index is 11.5. The number of ether oxygens (including phenoxy) is 1. The smallest absolute Gasteiger partial charge is 0.222 e. The minimum Gasteiger partial charge on any atom is -0.381 e. The number of alkyl halides is 1. The molecule has 0 aliphatic carbocycles. The third kappa shape index (κ3) is 4.39. The summed E-state index contributed by atoms with van der Waals surface area (Å²) in [6, 6.07) is 0. The lowest BCUT2D eigenvalue weighted by molar-refractivity contribution is -0.127. The number of likely N-dealkylation sites (tertiary alicyclic amines) is 1. The summed E-state index contributed by atoms with van der Waals surface area (Å²) in [6.07, 6.45) is 2.61. The summed E-state index contributed by atoms with van der Waals surface area (Å²) in [4.78, 5) is 13.4. The van der Waals surface area contributed by atoms with Crippen LogP contribution in [0, 0.1) is 5.92 Å². The Bertz CT molecular complexity index is 199. The highest BCUT2D eigenvalue weighted by Crippen LogP contribution is 2.18. The van der Waals surface area contributed by atoms with Crippen LogP contribution < -0.4 is 0 Å². The van der Waals surface area contributed by atoms with Gasteiger partial charge >= 0.3 is 0 Å². The molecule has 1 rings (SSSR count). The van der Waals surface area contributed by atoms with Crippen molar-refractivity contribution in [3.05, 3.63) is 0 Å². The normalized spacial score (nSPS) is 21.3. The second kappa shape index (κ2) is 7.07. The van der Waals surface area contributed by atoms with Crippen LogP contribution in [-0.4, -0.2) is 43.0 Å². The molecule has 1 unspecified atom stereocenters. The molecule has 1 aliphatic heterocycles. The predicted molar refractivity (Wildman–Crippen MR) is 61.1 cm³/mol. The molecular formula is C11H20ClNO2. The molecule has 1 amide bonds. The molecule has 1 heterocycles. The lowest BCUT2D eigenvalue weighted by Crippen LogP contribution is -2.27. The van der Waals surface area contributed by atoms with Crippen molar-refractivity contribution in [3.63, 3.8) is 0 Å². The largest absolute Gasteiger partial charge is 0.381 e. The number of rotatable bonds is 7. The lowest BCUT2D eigenvalue weighted by atomic mass is 10.1. The van der Waals surface area contributed by atoms with Crippen LogP contribution in [0.5, 0.6) is 0 Å². The number of halogens is 1. The van der Waals surface area contributed by atoms with E-state index in [1.54, 1.807) is 0 Å². The minimum atomic E-state index is 0.246. The zero-order valence-corrected chi connectivity index (χ0v) is 10.1. The Morgan fingerprint density at radius 3 is 2.93 bits per heavy atom. The SMILES string of the molecule is CCCOCCCN1CC(CCl)CC1=O. The van der Waals surface area contributed by atoms with Crippen LogP contribution in [-0.2, 0) is 9.53 Å². The Hall–Kier alpha value is -0.280. The van der Waals surface area contributed by atoms with E-state index in [-0.39, 0.29) is 5.91 Å². The molecule has 0 radical (unpaired) electrons. The van der Waals surface area contributed by atoms with Gasteiger partial charge < -0.3 is 9.64 Å². The van der Waals surface area contributed by atoms with Gasteiger partial charge in [-0.3, -0.25) is 4.79 Å². The number of hydrogen-bond donors (Lipinski definition) is 0. The van der Waals surface area contributed by atoms with Gasteiger partial charge in [-0.15, -0.1) is 11.6 Å². The van der Waals surface area contributed by atoms with E-state index in [9.17, 15) is 4.79 Å². The van der Waals surface area contributed by atoms with Gasteiger partial charge in [0.2, 0.25) is 5.91 Å². The molecule has 15 heavy (non-hydrogen) atoms. The van der Waals surface area contributed by atoms with Crippen molar-refractivity contribution in [2.24, 2.45) is 5.92 Å². The highest BCUT2D eigenvalue weighted by molar-refractivity contribution is 6.18. The van der Waals surface area contributed by atoms with Gasteiger partial charge in [0.25, 0.3) is 0 Å². The van der Waals surface area contributed by atoms with Crippen LogP contribution in [0.3, 0.4) is 0 Å². The van der Waals surface area contributed by atoms with E-state index in [1.807, 2.05) is 4.90 Å². The number of amides is 1. The molecule has 1 saturated heterocycles. The van der Waals surface area contributed by atoms with E-state index in [1.165, 1.54) is 0 Å². The Morgan fingerprint density at radius 1 is 1.53 bits per heavy atom. The molecule has 0 saturated carbocycles. The summed E-state index contributed by atoms with van der Waals surface area (Å²) in [7, 11) is 0. The van der Waals surface area contributed by atoms with E-state index in [0.717, 1.165) is 39.1 Å². The third-order valence-corrected chi connectivity index (χ3v) is 3.01. The Balaban J connectivity index is 2.08. The highest BCUT2D eigenvalue weighted by Gasteiger charge is 2.28. The summed E-state index contributed by atoms with van der Waals surface area (Å²) >= 11 is 5.74. The van der Waals surface area contributed by atoms with Crippen molar-refractivity contribution in [2.45, 2.75) is 26.2 Å². The Morgan fingerprint density at radius 2 is 2.33 bits per heavy atom. The topological polar surface area (TPSA) is 29.5 Å². The Kier molecular flexibility index (Phi) is 6.03. The molecule has 1 fully saturated rings. The summed E-state index contributed by atoms with van der Waals surface area (Å²) < 4.78 is 5.37. The fourth-order valence-corrected chi connectivity index (χ4v) is 1.98. The highest BCUT2D eigenvalue weighted by atomic mass is 35.5. The summed E-state index contributed by atoms with van der Waals surface area (Å²) in [5.74, 6) is 1.20. The fourth-order valence-electron chi connectivity index (χ4n) is 1.78. The molecule has 1 aliphatic rings. The molecule has 0 N–H and O–H groups in total. The first-order chi connectivity index (χ1) is 7.27. The zero-order chi connectivity index (χ0) is 11.1. The number of nitrogens with zero attached hydrogens (tertiary/aromatic N) is 1. The number of hydrogen-bond acceptors (Lipinski definition) is 2. The van der Waals surface area contributed by atoms with Crippen molar-refractivity contribution in [1.82, 2.24) is 4.90 Å². The minimum absolute atomic E-state index is 0.246. The van der Waals surface area contributed by atoms with Gasteiger partial charge in [0.05, 0.1) is 0 Å².